The number of amides is 1. The summed E-state index contributed by atoms with van der Waals surface area (Å²) in [4.78, 5) is 14.1. The van der Waals surface area contributed by atoms with E-state index in [1.165, 1.54) is 0 Å². The lowest BCUT2D eigenvalue weighted by Crippen LogP contribution is -2.48. The summed E-state index contributed by atoms with van der Waals surface area (Å²) in [5.41, 5.74) is 0. The zero-order chi connectivity index (χ0) is 12.7. The van der Waals surface area contributed by atoms with E-state index >= 15 is 0 Å². The minimum atomic E-state index is -0.198. The van der Waals surface area contributed by atoms with Crippen molar-refractivity contribution >= 4 is 5.91 Å². The molecule has 0 spiro atoms. The number of aliphatic hydroxyl groups is 1. The summed E-state index contributed by atoms with van der Waals surface area (Å²) in [7, 11) is 0. The Morgan fingerprint density at radius 3 is 2.88 bits per heavy atom. The molecule has 0 radical (unpaired) electrons. The molecule has 0 aromatic heterocycles. The molecule has 4 nitrogen and oxygen atoms in total. The second-order valence-corrected chi connectivity index (χ2v) is 4.71. The van der Waals surface area contributed by atoms with Gasteiger partial charge in [-0.15, -0.1) is 0 Å². The maximum absolute atomic E-state index is 12.3. The summed E-state index contributed by atoms with van der Waals surface area (Å²) in [6.07, 6.45) is 3.92. The van der Waals surface area contributed by atoms with Crippen molar-refractivity contribution in [3.63, 3.8) is 0 Å². The number of carbonyl (C=O) groups excluding carboxylic acids is 1. The van der Waals surface area contributed by atoms with Gasteiger partial charge in [-0.3, -0.25) is 4.79 Å². The van der Waals surface area contributed by atoms with Crippen molar-refractivity contribution in [3.8, 4) is 0 Å². The molecule has 1 N–H and O–H groups in total. The monoisotopic (exact) mass is 243 g/mol. The van der Waals surface area contributed by atoms with Crippen LogP contribution in [0, 0.1) is 5.92 Å². The van der Waals surface area contributed by atoms with Crippen molar-refractivity contribution in [2.24, 2.45) is 5.92 Å². The number of carbonyl (C=O) groups is 1. The molecule has 2 unspecified atom stereocenters. The fourth-order valence-corrected chi connectivity index (χ4v) is 2.24. The first kappa shape index (κ1) is 14.5. The highest BCUT2D eigenvalue weighted by Gasteiger charge is 2.27. The SMILES string of the molecule is CCCCC(CC)C(=O)N1CCOC(CO)C1. The van der Waals surface area contributed by atoms with Crippen molar-refractivity contribution < 1.29 is 14.6 Å². The predicted molar refractivity (Wildman–Crippen MR) is 66.7 cm³/mol. The summed E-state index contributed by atoms with van der Waals surface area (Å²) in [5.74, 6) is 0.384. The zero-order valence-corrected chi connectivity index (χ0v) is 11.0. The van der Waals surface area contributed by atoms with Crippen molar-refractivity contribution in [3.05, 3.63) is 0 Å². The third-order valence-electron chi connectivity index (χ3n) is 3.40. The molecule has 1 aliphatic heterocycles. The molecule has 1 aliphatic rings. The molecule has 0 aromatic rings. The normalized spacial score (nSPS) is 22.5. The lowest BCUT2D eigenvalue weighted by Gasteiger charge is -2.34. The van der Waals surface area contributed by atoms with E-state index in [0.717, 1.165) is 25.7 Å². The first-order valence-electron chi connectivity index (χ1n) is 6.74. The average Bonchev–Trinajstić information content (AvgIpc) is 2.39. The zero-order valence-electron chi connectivity index (χ0n) is 11.0. The quantitative estimate of drug-likeness (QED) is 0.767. The van der Waals surface area contributed by atoms with Crippen LogP contribution >= 0.6 is 0 Å². The number of rotatable bonds is 6. The highest BCUT2D eigenvalue weighted by atomic mass is 16.5. The molecular formula is C13H25NO3. The maximum atomic E-state index is 12.3. The number of nitrogens with zero attached hydrogens (tertiary/aromatic N) is 1. The molecule has 1 heterocycles. The Morgan fingerprint density at radius 2 is 2.29 bits per heavy atom. The van der Waals surface area contributed by atoms with Crippen LogP contribution in [0.3, 0.4) is 0 Å². The van der Waals surface area contributed by atoms with Gasteiger partial charge >= 0.3 is 0 Å². The van der Waals surface area contributed by atoms with Crippen LogP contribution in [0.5, 0.6) is 0 Å². The van der Waals surface area contributed by atoms with Gasteiger partial charge in [0.2, 0.25) is 5.91 Å². The van der Waals surface area contributed by atoms with Gasteiger partial charge in [-0.05, 0) is 12.8 Å². The number of unbranched alkanes of at least 4 members (excludes halogenated alkanes) is 1. The highest BCUT2D eigenvalue weighted by Crippen LogP contribution is 2.17. The molecule has 1 saturated heterocycles. The summed E-state index contributed by atoms with van der Waals surface area (Å²) in [6.45, 7) is 5.96. The van der Waals surface area contributed by atoms with E-state index in [0.29, 0.717) is 19.7 Å². The minimum absolute atomic E-state index is 0.00443. The second-order valence-electron chi connectivity index (χ2n) is 4.71. The summed E-state index contributed by atoms with van der Waals surface area (Å²) in [6, 6.07) is 0. The number of ether oxygens (including phenoxy) is 1. The van der Waals surface area contributed by atoms with Crippen LogP contribution in [0.2, 0.25) is 0 Å². The van der Waals surface area contributed by atoms with E-state index in [4.69, 9.17) is 9.84 Å². The van der Waals surface area contributed by atoms with Crippen molar-refractivity contribution in [1.82, 2.24) is 4.90 Å². The van der Waals surface area contributed by atoms with Crippen LogP contribution in [0.25, 0.3) is 0 Å². The molecule has 17 heavy (non-hydrogen) atoms. The van der Waals surface area contributed by atoms with Crippen LogP contribution in [-0.2, 0) is 9.53 Å². The Kier molecular flexibility index (Phi) is 6.52. The van der Waals surface area contributed by atoms with Crippen LogP contribution < -0.4 is 0 Å². The largest absolute Gasteiger partial charge is 0.394 e. The second kappa shape index (κ2) is 7.67. The van der Waals surface area contributed by atoms with Gasteiger partial charge in [0.05, 0.1) is 19.3 Å². The predicted octanol–water partition coefficient (Wildman–Crippen LogP) is 1.42. The molecule has 2 atom stereocenters. The van der Waals surface area contributed by atoms with E-state index in [1.54, 1.807) is 0 Å². The van der Waals surface area contributed by atoms with E-state index in [-0.39, 0.29) is 24.5 Å². The summed E-state index contributed by atoms with van der Waals surface area (Å²) < 4.78 is 5.36. The highest BCUT2D eigenvalue weighted by molar-refractivity contribution is 5.78. The van der Waals surface area contributed by atoms with Gasteiger partial charge in [0, 0.05) is 19.0 Å². The van der Waals surface area contributed by atoms with Gasteiger partial charge in [-0.1, -0.05) is 26.7 Å². The minimum Gasteiger partial charge on any atom is -0.394 e. The van der Waals surface area contributed by atoms with Crippen LogP contribution in [0.4, 0.5) is 0 Å². The molecule has 1 rings (SSSR count). The summed E-state index contributed by atoms with van der Waals surface area (Å²) >= 11 is 0. The van der Waals surface area contributed by atoms with E-state index in [9.17, 15) is 4.79 Å². The lowest BCUT2D eigenvalue weighted by molar-refractivity contribution is -0.144. The third-order valence-corrected chi connectivity index (χ3v) is 3.40. The topological polar surface area (TPSA) is 49.8 Å². The Morgan fingerprint density at radius 1 is 1.53 bits per heavy atom. The van der Waals surface area contributed by atoms with Crippen molar-refractivity contribution in [2.45, 2.75) is 45.6 Å². The number of morpholine rings is 1. The van der Waals surface area contributed by atoms with Gasteiger partial charge in [0.1, 0.15) is 0 Å². The van der Waals surface area contributed by atoms with Gasteiger partial charge in [0.15, 0.2) is 0 Å². The lowest BCUT2D eigenvalue weighted by atomic mass is 9.97. The van der Waals surface area contributed by atoms with Crippen LogP contribution in [-0.4, -0.2) is 48.3 Å². The van der Waals surface area contributed by atoms with Gasteiger partial charge < -0.3 is 14.7 Å². The Labute approximate surface area is 104 Å². The van der Waals surface area contributed by atoms with E-state index < -0.39 is 0 Å². The van der Waals surface area contributed by atoms with E-state index in [1.807, 2.05) is 4.90 Å². The molecule has 1 amide bonds. The molecule has 4 heteroatoms. The molecule has 100 valence electrons. The Bertz CT molecular complexity index is 233. The summed E-state index contributed by atoms with van der Waals surface area (Å²) in [5, 5.41) is 9.06. The molecule has 0 aliphatic carbocycles. The van der Waals surface area contributed by atoms with Crippen LogP contribution in [0.1, 0.15) is 39.5 Å². The number of hydrogen-bond donors (Lipinski definition) is 1. The Hall–Kier alpha value is -0.610. The van der Waals surface area contributed by atoms with Crippen molar-refractivity contribution in [2.75, 3.05) is 26.3 Å². The smallest absolute Gasteiger partial charge is 0.225 e. The molecule has 1 fully saturated rings. The number of hydrogen-bond acceptors (Lipinski definition) is 3. The first-order valence-corrected chi connectivity index (χ1v) is 6.74. The fourth-order valence-electron chi connectivity index (χ4n) is 2.24. The maximum Gasteiger partial charge on any atom is 0.225 e. The molecule has 0 saturated carbocycles. The molecule has 0 bridgehead atoms. The van der Waals surface area contributed by atoms with Gasteiger partial charge in [-0.2, -0.15) is 0 Å². The number of aliphatic hydroxyl groups excluding tert-OH is 1. The standard InChI is InChI=1S/C13H25NO3/c1-3-5-6-11(4-2)13(16)14-7-8-17-12(9-14)10-15/h11-12,15H,3-10H2,1-2H3. The van der Waals surface area contributed by atoms with Gasteiger partial charge in [-0.25, -0.2) is 0 Å². The van der Waals surface area contributed by atoms with Crippen LogP contribution in [0.15, 0.2) is 0 Å². The third kappa shape index (κ3) is 4.28. The van der Waals surface area contributed by atoms with Crippen molar-refractivity contribution in [1.29, 1.82) is 0 Å². The average molecular weight is 243 g/mol. The molecule has 0 aromatic carbocycles. The first-order chi connectivity index (χ1) is 8.22. The Balaban J connectivity index is 2.48. The van der Waals surface area contributed by atoms with E-state index in [2.05, 4.69) is 13.8 Å². The fraction of sp³-hybridized carbons (Fsp3) is 0.923. The van der Waals surface area contributed by atoms with Gasteiger partial charge in [0.25, 0.3) is 0 Å². The molecular weight excluding hydrogens is 218 g/mol.